The van der Waals surface area contributed by atoms with Gasteiger partial charge in [-0.25, -0.2) is 13.2 Å². The molecule has 1 atom stereocenters. The molecule has 0 amide bonds. The Balaban J connectivity index is 2.96. The summed E-state index contributed by atoms with van der Waals surface area (Å²) in [5.41, 5.74) is 0.208. The summed E-state index contributed by atoms with van der Waals surface area (Å²) in [5.74, 6) is -2.83. The highest BCUT2D eigenvalue weighted by Gasteiger charge is 2.17. The average Bonchev–Trinajstić information content (AvgIpc) is 2.29. The van der Waals surface area contributed by atoms with Crippen molar-refractivity contribution in [2.24, 2.45) is 0 Å². The van der Waals surface area contributed by atoms with Crippen molar-refractivity contribution in [3.8, 4) is 0 Å². The largest absolute Gasteiger partial charge is 0.310 e. The smallest absolute Gasteiger partial charge is 0.161 e. The molecule has 0 saturated heterocycles. The van der Waals surface area contributed by atoms with E-state index in [9.17, 15) is 13.2 Å². The molecule has 17 heavy (non-hydrogen) atoms. The maximum absolute atomic E-state index is 13.6. The van der Waals surface area contributed by atoms with Crippen LogP contribution in [0.15, 0.2) is 12.1 Å². The van der Waals surface area contributed by atoms with Crippen molar-refractivity contribution >= 4 is 0 Å². The van der Waals surface area contributed by atoms with E-state index in [-0.39, 0.29) is 11.6 Å². The van der Waals surface area contributed by atoms with Crippen LogP contribution in [0.1, 0.15) is 44.7 Å². The lowest BCUT2D eigenvalue weighted by molar-refractivity contribution is 0.448. The van der Waals surface area contributed by atoms with E-state index in [0.29, 0.717) is 12.5 Å². The summed E-state index contributed by atoms with van der Waals surface area (Å²) in [5, 5.41) is 3.15. The second-order valence-corrected chi connectivity index (χ2v) is 4.08. The highest BCUT2D eigenvalue weighted by molar-refractivity contribution is 5.23. The zero-order chi connectivity index (χ0) is 12.8. The van der Waals surface area contributed by atoms with Crippen LogP contribution in [0.2, 0.25) is 0 Å². The number of benzene rings is 1. The van der Waals surface area contributed by atoms with Crippen LogP contribution in [0.25, 0.3) is 0 Å². The van der Waals surface area contributed by atoms with Gasteiger partial charge in [0, 0.05) is 17.7 Å². The van der Waals surface area contributed by atoms with Gasteiger partial charge in [0.25, 0.3) is 0 Å². The van der Waals surface area contributed by atoms with Gasteiger partial charge in [0.1, 0.15) is 5.82 Å². The van der Waals surface area contributed by atoms with Gasteiger partial charge in [0.05, 0.1) is 0 Å². The minimum Gasteiger partial charge on any atom is -0.310 e. The summed E-state index contributed by atoms with van der Waals surface area (Å²) in [4.78, 5) is 0. The van der Waals surface area contributed by atoms with Crippen LogP contribution in [-0.4, -0.2) is 6.54 Å². The van der Waals surface area contributed by atoms with Gasteiger partial charge in [-0.15, -0.1) is 0 Å². The lowest BCUT2D eigenvalue weighted by Crippen LogP contribution is -2.23. The van der Waals surface area contributed by atoms with Crippen molar-refractivity contribution in [1.29, 1.82) is 0 Å². The fourth-order valence-electron chi connectivity index (χ4n) is 1.78. The van der Waals surface area contributed by atoms with E-state index in [1.54, 1.807) is 0 Å². The van der Waals surface area contributed by atoms with Crippen molar-refractivity contribution in [3.63, 3.8) is 0 Å². The Kier molecular flexibility index (Phi) is 5.48. The first kappa shape index (κ1) is 14.0. The van der Waals surface area contributed by atoms with Gasteiger partial charge in [0.2, 0.25) is 0 Å². The van der Waals surface area contributed by atoms with Crippen LogP contribution in [0, 0.1) is 17.5 Å². The summed E-state index contributed by atoms with van der Waals surface area (Å²) in [6.45, 7) is 4.69. The van der Waals surface area contributed by atoms with Crippen LogP contribution in [0.3, 0.4) is 0 Å². The molecular weight excluding hydrogens is 227 g/mol. The minimum absolute atomic E-state index is 0.208. The number of halogens is 3. The average molecular weight is 245 g/mol. The molecule has 1 aromatic carbocycles. The standard InChI is InChI=1S/C13H18F3N/c1-3-5-13(17-6-4-2)9-7-11(15)12(16)8-10(9)14/h7-8,13,17H,3-6H2,1-2H3. The summed E-state index contributed by atoms with van der Waals surface area (Å²) in [7, 11) is 0. The van der Waals surface area contributed by atoms with E-state index >= 15 is 0 Å². The van der Waals surface area contributed by atoms with E-state index in [0.717, 1.165) is 25.5 Å². The first-order valence-corrected chi connectivity index (χ1v) is 5.98. The van der Waals surface area contributed by atoms with Crippen molar-refractivity contribution in [1.82, 2.24) is 5.32 Å². The Morgan fingerprint density at radius 1 is 1.00 bits per heavy atom. The van der Waals surface area contributed by atoms with E-state index in [1.165, 1.54) is 0 Å². The molecule has 0 fully saturated rings. The molecule has 0 aliphatic carbocycles. The molecule has 0 aromatic heterocycles. The first-order chi connectivity index (χ1) is 8.10. The van der Waals surface area contributed by atoms with E-state index in [4.69, 9.17) is 0 Å². The number of rotatable bonds is 6. The van der Waals surface area contributed by atoms with Crippen molar-refractivity contribution < 1.29 is 13.2 Å². The van der Waals surface area contributed by atoms with Crippen LogP contribution in [0.5, 0.6) is 0 Å². The van der Waals surface area contributed by atoms with Crippen LogP contribution in [0.4, 0.5) is 13.2 Å². The Morgan fingerprint density at radius 3 is 2.24 bits per heavy atom. The van der Waals surface area contributed by atoms with Crippen molar-refractivity contribution in [2.75, 3.05) is 6.54 Å². The summed E-state index contributed by atoms with van der Waals surface area (Å²) in [6.07, 6.45) is 2.45. The highest BCUT2D eigenvalue weighted by atomic mass is 19.2. The van der Waals surface area contributed by atoms with Crippen LogP contribution < -0.4 is 5.32 Å². The summed E-state index contributed by atoms with van der Waals surface area (Å²) >= 11 is 0. The fourth-order valence-corrected chi connectivity index (χ4v) is 1.78. The van der Waals surface area contributed by atoms with Gasteiger partial charge in [-0.05, 0) is 25.5 Å². The second kappa shape index (κ2) is 6.64. The first-order valence-electron chi connectivity index (χ1n) is 5.98. The fraction of sp³-hybridized carbons (Fsp3) is 0.538. The SMILES string of the molecule is CCCNC(CCC)c1cc(F)c(F)cc1F. The Labute approximate surface area is 100 Å². The second-order valence-electron chi connectivity index (χ2n) is 4.08. The molecule has 0 aliphatic rings. The monoisotopic (exact) mass is 245 g/mol. The third-order valence-corrected chi connectivity index (χ3v) is 2.63. The lowest BCUT2D eigenvalue weighted by atomic mass is 10.0. The lowest BCUT2D eigenvalue weighted by Gasteiger charge is -2.19. The normalized spacial score (nSPS) is 12.8. The molecule has 4 heteroatoms. The predicted molar refractivity (Wildman–Crippen MR) is 62.3 cm³/mol. The van der Waals surface area contributed by atoms with Gasteiger partial charge in [-0.3, -0.25) is 0 Å². The zero-order valence-corrected chi connectivity index (χ0v) is 10.2. The van der Waals surface area contributed by atoms with E-state index in [2.05, 4.69) is 5.32 Å². The third kappa shape index (κ3) is 3.73. The number of nitrogens with one attached hydrogen (secondary N) is 1. The maximum atomic E-state index is 13.6. The third-order valence-electron chi connectivity index (χ3n) is 2.63. The molecule has 1 N–H and O–H groups in total. The molecule has 0 bridgehead atoms. The quantitative estimate of drug-likeness (QED) is 0.748. The number of hydrogen-bond acceptors (Lipinski definition) is 1. The highest BCUT2D eigenvalue weighted by Crippen LogP contribution is 2.24. The Hall–Kier alpha value is -1.03. The van der Waals surface area contributed by atoms with Crippen LogP contribution in [-0.2, 0) is 0 Å². The van der Waals surface area contributed by atoms with Gasteiger partial charge in [-0.1, -0.05) is 20.3 Å². The molecule has 1 unspecified atom stereocenters. The van der Waals surface area contributed by atoms with Gasteiger partial charge < -0.3 is 5.32 Å². The minimum atomic E-state index is -1.14. The van der Waals surface area contributed by atoms with E-state index < -0.39 is 17.5 Å². The molecule has 0 aliphatic heterocycles. The van der Waals surface area contributed by atoms with Gasteiger partial charge in [0.15, 0.2) is 11.6 Å². The van der Waals surface area contributed by atoms with Crippen molar-refractivity contribution in [2.45, 2.75) is 39.2 Å². The van der Waals surface area contributed by atoms with E-state index in [1.807, 2.05) is 13.8 Å². The summed E-state index contributed by atoms with van der Waals surface area (Å²) < 4.78 is 39.5. The van der Waals surface area contributed by atoms with Gasteiger partial charge >= 0.3 is 0 Å². The zero-order valence-electron chi connectivity index (χ0n) is 10.2. The molecule has 0 radical (unpaired) electrons. The Bertz CT molecular complexity index is 366. The van der Waals surface area contributed by atoms with Gasteiger partial charge in [-0.2, -0.15) is 0 Å². The van der Waals surface area contributed by atoms with Crippen LogP contribution >= 0.6 is 0 Å². The Morgan fingerprint density at radius 2 is 1.65 bits per heavy atom. The topological polar surface area (TPSA) is 12.0 Å². The number of hydrogen-bond donors (Lipinski definition) is 1. The predicted octanol–water partition coefficient (Wildman–Crippen LogP) is 3.94. The molecule has 1 aromatic rings. The maximum Gasteiger partial charge on any atom is 0.161 e. The molecule has 1 nitrogen and oxygen atoms in total. The molecule has 0 spiro atoms. The molecule has 96 valence electrons. The molecule has 0 saturated carbocycles. The molecule has 1 rings (SSSR count). The summed E-state index contributed by atoms with van der Waals surface area (Å²) in [6, 6.07) is 1.31. The molecular formula is C13H18F3N. The van der Waals surface area contributed by atoms with Crippen molar-refractivity contribution in [3.05, 3.63) is 35.1 Å². The molecule has 0 heterocycles.